The summed E-state index contributed by atoms with van der Waals surface area (Å²) in [5.74, 6) is -3.45. The summed E-state index contributed by atoms with van der Waals surface area (Å²) >= 11 is 0. The number of halogens is 5. The second-order valence-corrected chi connectivity index (χ2v) is 3.63. The van der Waals surface area contributed by atoms with Crippen molar-refractivity contribution in [1.29, 1.82) is 0 Å². The van der Waals surface area contributed by atoms with Crippen LogP contribution in [-0.2, 0) is 6.54 Å². The number of rotatable bonds is 4. The molecule has 0 atom stereocenters. The molecule has 1 N–H and O–H groups in total. The molecule has 1 aromatic heterocycles. The first kappa shape index (κ1) is 13.3. The number of benzene rings is 1. The monoisotopic (exact) mass is 277 g/mol. The van der Waals surface area contributed by atoms with Gasteiger partial charge in [-0.25, -0.2) is 18.2 Å². The minimum absolute atomic E-state index is 0.0990. The lowest BCUT2D eigenvalue weighted by Crippen LogP contribution is -2.11. The highest BCUT2D eigenvalue weighted by molar-refractivity contribution is 5.46. The van der Waals surface area contributed by atoms with Crippen molar-refractivity contribution < 1.29 is 22.0 Å². The average molecular weight is 277 g/mol. The SMILES string of the molecule is Fc1cc(F)c(NCc2nccn2C(F)F)c(F)c1. The van der Waals surface area contributed by atoms with E-state index in [1.165, 1.54) is 0 Å². The fraction of sp³-hybridized carbons (Fsp3) is 0.182. The van der Waals surface area contributed by atoms with E-state index >= 15 is 0 Å². The standard InChI is InChI=1S/C11H8F5N3/c12-6-3-7(13)10(8(14)4-6)18-5-9-17-1-2-19(9)11(15)16/h1-4,11,18H,5H2. The van der Waals surface area contributed by atoms with Crippen molar-refractivity contribution in [2.24, 2.45) is 0 Å². The molecule has 8 heteroatoms. The number of nitrogens with one attached hydrogen (secondary N) is 1. The van der Waals surface area contributed by atoms with Crippen LogP contribution in [0.2, 0.25) is 0 Å². The number of anilines is 1. The van der Waals surface area contributed by atoms with Gasteiger partial charge < -0.3 is 5.32 Å². The molecule has 0 aliphatic rings. The van der Waals surface area contributed by atoms with Gasteiger partial charge in [0.1, 0.15) is 17.3 Å². The van der Waals surface area contributed by atoms with E-state index in [4.69, 9.17) is 0 Å². The van der Waals surface area contributed by atoms with Crippen molar-refractivity contribution in [1.82, 2.24) is 9.55 Å². The van der Waals surface area contributed by atoms with Crippen molar-refractivity contribution in [3.05, 3.63) is 47.8 Å². The van der Waals surface area contributed by atoms with Gasteiger partial charge >= 0.3 is 6.55 Å². The van der Waals surface area contributed by atoms with Gasteiger partial charge in [-0.2, -0.15) is 8.78 Å². The summed E-state index contributed by atoms with van der Waals surface area (Å²) < 4.78 is 64.8. The van der Waals surface area contributed by atoms with Crippen molar-refractivity contribution in [2.75, 3.05) is 5.32 Å². The number of aromatic nitrogens is 2. The largest absolute Gasteiger partial charge is 0.373 e. The third-order valence-electron chi connectivity index (χ3n) is 2.39. The summed E-state index contributed by atoms with van der Waals surface area (Å²) in [4.78, 5) is 3.63. The number of nitrogens with zero attached hydrogens (tertiary/aromatic N) is 2. The maximum atomic E-state index is 13.3. The van der Waals surface area contributed by atoms with Crippen LogP contribution in [0, 0.1) is 17.5 Å². The van der Waals surface area contributed by atoms with E-state index in [1.54, 1.807) is 0 Å². The fourth-order valence-electron chi connectivity index (χ4n) is 1.54. The van der Waals surface area contributed by atoms with Crippen molar-refractivity contribution >= 4 is 5.69 Å². The molecule has 0 saturated carbocycles. The lowest BCUT2D eigenvalue weighted by molar-refractivity contribution is 0.0673. The Morgan fingerprint density at radius 3 is 2.37 bits per heavy atom. The average Bonchev–Trinajstić information content (AvgIpc) is 2.75. The Bertz CT molecular complexity index is 558. The van der Waals surface area contributed by atoms with Crippen LogP contribution in [0.15, 0.2) is 24.5 Å². The second-order valence-electron chi connectivity index (χ2n) is 3.63. The van der Waals surface area contributed by atoms with E-state index in [1.807, 2.05) is 0 Å². The van der Waals surface area contributed by atoms with Crippen LogP contribution >= 0.6 is 0 Å². The smallest absolute Gasteiger partial charge is 0.319 e. The van der Waals surface area contributed by atoms with Gasteiger partial charge in [-0.05, 0) is 0 Å². The Morgan fingerprint density at radius 1 is 1.16 bits per heavy atom. The molecule has 19 heavy (non-hydrogen) atoms. The second kappa shape index (κ2) is 5.25. The van der Waals surface area contributed by atoms with E-state index < -0.39 is 29.7 Å². The zero-order valence-corrected chi connectivity index (χ0v) is 9.38. The number of hydrogen-bond donors (Lipinski definition) is 1. The van der Waals surface area contributed by atoms with Crippen LogP contribution in [0.1, 0.15) is 12.4 Å². The van der Waals surface area contributed by atoms with Crippen molar-refractivity contribution in [3.63, 3.8) is 0 Å². The summed E-state index contributed by atoms with van der Waals surface area (Å²) in [5.41, 5.74) is -0.592. The molecule has 2 aromatic rings. The zero-order valence-electron chi connectivity index (χ0n) is 9.38. The van der Waals surface area contributed by atoms with Crippen LogP contribution in [0.25, 0.3) is 0 Å². The Balaban J connectivity index is 2.17. The molecule has 0 amide bonds. The first-order chi connectivity index (χ1) is 8.99. The van der Waals surface area contributed by atoms with E-state index in [0.29, 0.717) is 16.7 Å². The number of imidazole rings is 1. The van der Waals surface area contributed by atoms with Crippen LogP contribution in [0.4, 0.5) is 27.6 Å². The van der Waals surface area contributed by atoms with Gasteiger partial charge in [-0.1, -0.05) is 0 Å². The molecule has 102 valence electrons. The molecule has 0 bridgehead atoms. The summed E-state index contributed by atoms with van der Waals surface area (Å²) in [5, 5.41) is 2.27. The highest BCUT2D eigenvalue weighted by Crippen LogP contribution is 2.21. The van der Waals surface area contributed by atoms with Gasteiger partial charge in [0.05, 0.1) is 6.54 Å². The summed E-state index contributed by atoms with van der Waals surface area (Å²) in [6.45, 7) is -3.13. The molecule has 2 rings (SSSR count). The predicted molar refractivity (Wildman–Crippen MR) is 57.1 cm³/mol. The lowest BCUT2D eigenvalue weighted by atomic mass is 10.2. The minimum Gasteiger partial charge on any atom is -0.373 e. The maximum absolute atomic E-state index is 13.3. The highest BCUT2D eigenvalue weighted by Gasteiger charge is 2.14. The van der Waals surface area contributed by atoms with Gasteiger partial charge in [0, 0.05) is 24.5 Å². The molecule has 0 fully saturated rings. The van der Waals surface area contributed by atoms with E-state index in [0.717, 1.165) is 12.4 Å². The number of alkyl halides is 2. The molecule has 1 heterocycles. The summed E-state index contributed by atoms with van der Waals surface area (Å²) in [6.07, 6.45) is 2.18. The zero-order chi connectivity index (χ0) is 14.0. The Morgan fingerprint density at radius 2 is 1.79 bits per heavy atom. The van der Waals surface area contributed by atoms with Crippen molar-refractivity contribution in [3.8, 4) is 0 Å². The van der Waals surface area contributed by atoms with E-state index in [-0.39, 0.29) is 12.4 Å². The molecule has 0 saturated heterocycles. The molecule has 0 unspecified atom stereocenters. The van der Waals surface area contributed by atoms with E-state index in [2.05, 4.69) is 10.3 Å². The Hall–Kier alpha value is -2.12. The molecule has 3 nitrogen and oxygen atoms in total. The Kier molecular flexibility index (Phi) is 3.68. The van der Waals surface area contributed by atoms with Crippen LogP contribution < -0.4 is 5.32 Å². The number of hydrogen-bond acceptors (Lipinski definition) is 2. The summed E-state index contributed by atoms with van der Waals surface area (Å²) in [7, 11) is 0. The minimum atomic E-state index is -2.80. The molecule has 0 spiro atoms. The van der Waals surface area contributed by atoms with Gasteiger partial charge in [0.15, 0.2) is 11.6 Å². The van der Waals surface area contributed by atoms with Crippen LogP contribution in [-0.4, -0.2) is 9.55 Å². The van der Waals surface area contributed by atoms with Gasteiger partial charge in [-0.15, -0.1) is 0 Å². The Labute approximate surface area is 104 Å². The molecule has 0 radical (unpaired) electrons. The molecule has 0 aliphatic carbocycles. The quantitative estimate of drug-likeness (QED) is 0.869. The molecule has 1 aromatic carbocycles. The maximum Gasteiger partial charge on any atom is 0.319 e. The first-order valence-electron chi connectivity index (χ1n) is 5.17. The fourth-order valence-corrected chi connectivity index (χ4v) is 1.54. The molecular formula is C11H8F5N3. The molecular weight excluding hydrogens is 269 g/mol. The van der Waals surface area contributed by atoms with Crippen LogP contribution in [0.3, 0.4) is 0 Å². The first-order valence-corrected chi connectivity index (χ1v) is 5.17. The van der Waals surface area contributed by atoms with Gasteiger partial charge in [0.25, 0.3) is 0 Å². The normalized spacial score (nSPS) is 11.1. The summed E-state index contributed by atoms with van der Waals surface area (Å²) in [6, 6.07) is 0.982. The molecule has 0 aliphatic heterocycles. The highest BCUT2D eigenvalue weighted by atomic mass is 19.3. The van der Waals surface area contributed by atoms with Crippen LogP contribution in [0.5, 0.6) is 0 Å². The lowest BCUT2D eigenvalue weighted by Gasteiger charge is -2.10. The third-order valence-corrected chi connectivity index (χ3v) is 2.39. The topological polar surface area (TPSA) is 29.9 Å². The van der Waals surface area contributed by atoms with Crippen molar-refractivity contribution in [2.45, 2.75) is 13.1 Å². The van der Waals surface area contributed by atoms with E-state index in [9.17, 15) is 22.0 Å². The van der Waals surface area contributed by atoms with Gasteiger partial charge in [0.2, 0.25) is 0 Å². The van der Waals surface area contributed by atoms with Gasteiger partial charge in [-0.3, -0.25) is 4.57 Å². The third kappa shape index (κ3) is 2.83. The predicted octanol–water partition coefficient (Wildman–Crippen LogP) is 3.31.